The van der Waals surface area contributed by atoms with E-state index in [9.17, 15) is 4.79 Å². The predicted molar refractivity (Wildman–Crippen MR) is 78.5 cm³/mol. The van der Waals surface area contributed by atoms with Gasteiger partial charge in [0.15, 0.2) is 11.6 Å². The predicted octanol–water partition coefficient (Wildman–Crippen LogP) is 1.38. The van der Waals surface area contributed by atoms with E-state index in [0.717, 1.165) is 12.8 Å². The monoisotopic (exact) mass is 316 g/mol. The number of hydrogen-bond acceptors (Lipinski definition) is 8. The van der Waals surface area contributed by atoms with Gasteiger partial charge in [-0.3, -0.25) is 4.79 Å². The smallest absolute Gasteiger partial charge is 0.278 e. The minimum Gasteiger partial charge on any atom is -0.340 e. The Labute approximate surface area is 131 Å². The second kappa shape index (κ2) is 6.51. The zero-order valence-corrected chi connectivity index (χ0v) is 12.9. The van der Waals surface area contributed by atoms with Gasteiger partial charge < -0.3 is 9.05 Å². The van der Waals surface area contributed by atoms with Crippen LogP contribution in [0.25, 0.3) is 11.6 Å². The molecule has 3 aromatic rings. The molecule has 23 heavy (non-hydrogen) atoms. The third kappa shape index (κ3) is 3.50. The topological polar surface area (TPSA) is 113 Å². The maximum absolute atomic E-state index is 11.8. The Kier molecular flexibility index (Phi) is 4.26. The van der Waals surface area contributed by atoms with Gasteiger partial charge in [-0.05, 0) is 12.5 Å². The van der Waals surface area contributed by atoms with Crippen LogP contribution in [-0.4, -0.2) is 30.1 Å². The fraction of sp³-hybridized carbons (Fsp3) is 0.429. The molecule has 3 heterocycles. The summed E-state index contributed by atoms with van der Waals surface area (Å²) < 4.78 is 11.5. The first-order valence-corrected chi connectivity index (χ1v) is 7.36. The summed E-state index contributed by atoms with van der Waals surface area (Å²) in [4.78, 5) is 20.1. The Hall–Kier alpha value is -2.84. The van der Waals surface area contributed by atoms with E-state index in [4.69, 9.17) is 9.05 Å². The maximum atomic E-state index is 11.8. The standard InChI is InChI=1S/C14H16N6O3/c1-3-4-7-20-13(21)6-5-10(17-20)14-16-12(19-23-14)8-11-15-9(2)22-18-11/h5-6H,3-4,7-8H2,1-2H3. The second-order valence-corrected chi connectivity index (χ2v) is 5.06. The van der Waals surface area contributed by atoms with Gasteiger partial charge in [0.25, 0.3) is 11.4 Å². The van der Waals surface area contributed by atoms with Crippen LogP contribution in [0.3, 0.4) is 0 Å². The fourth-order valence-corrected chi connectivity index (χ4v) is 2.02. The van der Waals surface area contributed by atoms with Crippen molar-refractivity contribution in [2.24, 2.45) is 0 Å². The molecule has 0 aliphatic heterocycles. The van der Waals surface area contributed by atoms with Crippen LogP contribution >= 0.6 is 0 Å². The highest BCUT2D eigenvalue weighted by molar-refractivity contribution is 5.44. The lowest BCUT2D eigenvalue weighted by Crippen LogP contribution is -2.22. The Morgan fingerprint density at radius 3 is 2.65 bits per heavy atom. The Morgan fingerprint density at radius 2 is 1.91 bits per heavy atom. The highest BCUT2D eigenvalue weighted by Crippen LogP contribution is 2.14. The molecule has 0 aliphatic rings. The van der Waals surface area contributed by atoms with Crippen molar-refractivity contribution in [2.45, 2.75) is 39.7 Å². The Morgan fingerprint density at radius 1 is 1.13 bits per heavy atom. The molecule has 9 heteroatoms. The van der Waals surface area contributed by atoms with Gasteiger partial charge in [-0.25, -0.2) is 4.68 Å². The molecule has 0 N–H and O–H groups in total. The van der Waals surface area contributed by atoms with E-state index in [0.29, 0.717) is 36.2 Å². The van der Waals surface area contributed by atoms with E-state index in [2.05, 4.69) is 32.3 Å². The first kappa shape index (κ1) is 15.1. The number of nitrogens with zero attached hydrogens (tertiary/aromatic N) is 6. The molecule has 0 atom stereocenters. The lowest BCUT2D eigenvalue weighted by molar-refractivity contribution is 0.387. The SMILES string of the molecule is CCCCn1nc(-c2nc(Cc3noc(C)n3)no2)ccc1=O. The number of aromatic nitrogens is 6. The highest BCUT2D eigenvalue weighted by Gasteiger charge is 2.14. The zero-order valence-electron chi connectivity index (χ0n) is 12.9. The van der Waals surface area contributed by atoms with Gasteiger partial charge in [0.2, 0.25) is 5.89 Å². The summed E-state index contributed by atoms with van der Waals surface area (Å²) in [5, 5.41) is 11.9. The van der Waals surface area contributed by atoms with E-state index >= 15 is 0 Å². The van der Waals surface area contributed by atoms with E-state index in [-0.39, 0.29) is 11.4 Å². The van der Waals surface area contributed by atoms with Crippen molar-refractivity contribution in [2.75, 3.05) is 0 Å². The molecule has 9 nitrogen and oxygen atoms in total. The first-order valence-electron chi connectivity index (χ1n) is 7.36. The van der Waals surface area contributed by atoms with Gasteiger partial charge >= 0.3 is 0 Å². The molecule has 3 aromatic heterocycles. The summed E-state index contributed by atoms with van der Waals surface area (Å²) in [7, 11) is 0. The third-order valence-electron chi connectivity index (χ3n) is 3.16. The van der Waals surface area contributed by atoms with Crippen molar-refractivity contribution in [3.8, 4) is 11.6 Å². The number of unbranched alkanes of at least 4 members (excludes halogenated alkanes) is 1. The van der Waals surface area contributed by atoms with Crippen molar-refractivity contribution >= 4 is 0 Å². The average Bonchev–Trinajstić information content (AvgIpc) is 3.16. The molecule has 0 bridgehead atoms. The molecule has 0 saturated heterocycles. The molecule has 0 radical (unpaired) electrons. The minimum atomic E-state index is -0.149. The average molecular weight is 316 g/mol. The molecular weight excluding hydrogens is 300 g/mol. The fourth-order valence-electron chi connectivity index (χ4n) is 2.02. The second-order valence-electron chi connectivity index (χ2n) is 5.06. The third-order valence-corrected chi connectivity index (χ3v) is 3.16. The van der Waals surface area contributed by atoms with Crippen LogP contribution in [0, 0.1) is 6.92 Å². The minimum absolute atomic E-state index is 0.149. The Balaban J connectivity index is 1.81. The first-order chi connectivity index (χ1) is 11.2. The van der Waals surface area contributed by atoms with E-state index in [1.807, 2.05) is 0 Å². The summed E-state index contributed by atoms with van der Waals surface area (Å²) in [5.74, 6) is 1.64. The van der Waals surface area contributed by atoms with Crippen LogP contribution in [0.15, 0.2) is 26.0 Å². The van der Waals surface area contributed by atoms with Crippen molar-refractivity contribution in [3.63, 3.8) is 0 Å². The van der Waals surface area contributed by atoms with Gasteiger partial charge in [0.1, 0.15) is 5.69 Å². The Bertz CT molecular complexity index is 850. The van der Waals surface area contributed by atoms with E-state index in [1.165, 1.54) is 10.7 Å². The molecule has 0 unspecified atom stereocenters. The van der Waals surface area contributed by atoms with Crippen molar-refractivity contribution in [1.82, 2.24) is 30.1 Å². The van der Waals surface area contributed by atoms with Crippen molar-refractivity contribution in [3.05, 3.63) is 40.0 Å². The summed E-state index contributed by atoms with van der Waals surface area (Å²) in [6.45, 7) is 4.33. The number of hydrogen-bond donors (Lipinski definition) is 0. The van der Waals surface area contributed by atoms with Crippen molar-refractivity contribution < 1.29 is 9.05 Å². The summed E-state index contributed by atoms with van der Waals surface area (Å²) in [5.41, 5.74) is 0.313. The number of aryl methyl sites for hydroxylation is 2. The van der Waals surface area contributed by atoms with Crippen LogP contribution in [-0.2, 0) is 13.0 Å². The van der Waals surface area contributed by atoms with Crippen LogP contribution < -0.4 is 5.56 Å². The van der Waals surface area contributed by atoms with Crippen LogP contribution in [0.2, 0.25) is 0 Å². The molecular formula is C14H16N6O3. The summed E-state index contributed by atoms with van der Waals surface area (Å²) in [6.07, 6.45) is 2.16. The van der Waals surface area contributed by atoms with Crippen LogP contribution in [0.5, 0.6) is 0 Å². The van der Waals surface area contributed by atoms with Gasteiger partial charge in [0.05, 0.1) is 6.42 Å². The van der Waals surface area contributed by atoms with Crippen LogP contribution in [0.4, 0.5) is 0 Å². The molecule has 0 saturated carbocycles. The normalized spacial score (nSPS) is 11.0. The molecule has 3 rings (SSSR count). The van der Waals surface area contributed by atoms with Gasteiger partial charge in [-0.2, -0.15) is 15.1 Å². The van der Waals surface area contributed by atoms with Crippen molar-refractivity contribution in [1.29, 1.82) is 0 Å². The molecule has 0 aliphatic carbocycles. The zero-order chi connectivity index (χ0) is 16.2. The quantitative estimate of drug-likeness (QED) is 0.670. The van der Waals surface area contributed by atoms with E-state index < -0.39 is 0 Å². The molecule has 0 fully saturated rings. The lowest BCUT2D eigenvalue weighted by atomic mass is 10.3. The summed E-state index contributed by atoms with van der Waals surface area (Å²) >= 11 is 0. The van der Waals surface area contributed by atoms with Gasteiger partial charge in [-0.1, -0.05) is 23.7 Å². The maximum Gasteiger partial charge on any atom is 0.278 e. The summed E-state index contributed by atoms with van der Waals surface area (Å²) in [6, 6.07) is 3.02. The van der Waals surface area contributed by atoms with Crippen LogP contribution in [0.1, 0.15) is 37.3 Å². The molecule has 0 spiro atoms. The van der Waals surface area contributed by atoms with Gasteiger partial charge in [0, 0.05) is 19.5 Å². The molecule has 120 valence electrons. The largest absolute Gasteiger partial charge is 0.340 e. The number of rotatable bonds is 6. The lowest BCUT2D eigenvalue weighted by Gasteiger charge is -2.03. The highest BCUT2D eigenvalue weighted by atomic mass is 16.5. The van der Waals surface area contributed by atoms with E-state index in [1.54, 1.807) is 13.0 Å². The molecule has 0 aromatic carbocycles. The van der Waals surface area contributed by atoms with Gasteiger partial charge in [-0.15, -0.1) is 0 Å². The molecule has 0 amide bonds.